The van der Waals surface area contributed by atoms with Crippen LogP contribution < -0.4 is 0 Å². The highest BCUT2D eigenvalue weighted by Gasteiger charge is 2.31. The lowest BCUT2D eigenvalue weighted by Crippen LogP contribution is -2.53. The fourth-order valence-corrected chi connectivity index (χ4v) is 2.07. The largest absolute Gasteiger partial charge is 0.339 e. The highest BCUT2D eigenvalue weighted by Crippen LogP contribution is 2.20. The Morgan fingerprint density at radius 1 is 1.20 bits per heavy atom. The number of hydrogen-bond donors (Lipinski definition) is 0. The molecule has 0 aromatic heterocycles. The Balaban J connectivity index is 2.48. The van der Waals surface area contributed by atoms with E-state index in [9.17, 15) is 4.79 Å². The third-order valence-electron chi connectivity index (χ3n) is 2.84. The van der Waals surface area contributed by atoms with Gasteiger partial charge in [-0.3, -0.25) is 9.69 Å². The highest BCUT2D eigenvalue weighted by molar-refractivity contribution is 9.10. The molecule has 88 valence electrons. The molecule has 1 aliphatic heterocycles. The molecule has 15 heavy (non-hydrogen) atoms. The lowest BCUT2D eigenvalue weighted by Gasteiger charge is -2.38. The number of nitrogens with zero attached hydrogens (tertiary/aromatic N) is 2. The van der Waals surface area contributed by atoms with Crippen molar-refractivity contribution in [2.45, 2.75) is 38.1 Å². The number of hydrogen-bond acceptors (Lipinski definition) is 2. The first kappa shape index (κ1) is 13.0. The van der Waals surface area contributed by atoms with Crippen molar-refractivity contribution in [2.75, 3.05) is 26.2 Å². The maximum atomic E-state index is 12.0. The maximum absolute atomic E-state index is 12.0. The van der Waals surface area contributed by atoms with Crippen molar-refractivity contribution in [2.24, 2.45) is 0 Å². The number of alkyl halides is 1. The van der Waals surface area contributed by atoms with Crippen molar-refractivity contribution in [1.82, 2.24) is 9.80 Å². The van der Waals surface area contributed by atoms with Gasteiger partial charge in [-0.15, -0.1) is 0 Å². The first-order valence-corrected chi connectivity index (χ1v) is 6.34. The zero-order valence-corrected chi connectivity index (χ0v) is 11.7. The summed E-state index contributed by atoms with van der Waals surface area (Å²) in [6.45, 7) is 11.9. The van der Waals surface area contributed by atoms with Crippen LogP contribution in [0.2, 0.25) is 0 Å². The van der Waals surface area contributed by atoms with Gasteiger partial charge in [-0.2, -0.15) is 0 Å². The number of halogens is 1. The van der Waals surface area contributed by atoms with Crippen molar-refractivity contribution in [3.8, 4) is 0 Å². The Bertz CT molecular complexity index is 227. The van der Waals surface area contributed by atoms with Crippen LogP contribution in [-0.2, 0) is 4.79 Å². The highest BCUT2D eigenvalue weighted by atomic mass is 79.9. The molecule has 1 rings (SSSR count). The summed E-state index contributed by atoms with van der Waals surface area (Å²) in [5.74, 6) is 0.200. The summed E-state index contributed by atoms with van der Waals surface area (Å²) in [5.41, 5.74) is 0. The Hall–Kier alpha value is -0.0900. The average molecular weight is 277 g/mol. The van der Waals surface area contributed by atoms with Crippen LogP contribution in [0.15, 0.2) is 0 Å². The molecule has 0 saturated carbocycles. The molecule has 0 bridgehead atoms. The molecule has 1 fully saturated rings. The average Bonchev–Trinajstić information content (AvgIpc) is 2.15. The van der Waals surface area contributed by atoms with Gasteiger partial charge >= 0.3 is 0 Å². The first-order chi connectivity index (χ1) is 6.82. The van der Waals surface area contributed by atoms with E-state index in [2.05, 4.69) is 34.7 Å². The van der Waals surface area contributed by atoms with Gasteiger partial charge in [0.05, 0.1) is 4.32 Å². The monoisotopic (exact) mass is 276 g/mol. The van der Waals surface area contributed by atoms with Gasteiger partial charge in [0.2, 0.25) is 5.91 Å². The molecule has 0 N–H and O–H groups in total. The van der Waals surface area contributed by atoms with Gasteiger partial charge in [-0.1, -0.05) is 15.9 Å². The summed E-state index contributed by atoms with van der Waals surface area (Å²) >= 11 is 3.42. The van der Waals surface area contributed by atoms with E-state index in [0.717, 1.165) is 26.2 Å². The van der Waals surface area contributed by atoms with E-state index in [1.807, 2.05) is 18.7 Å². The van der Waals surface area contributed by atoms with Crippen LogP contribution in [0.25, 0.3) is 0 Å². The summed E-state index contributed by atoms with van der Waals surface area (Å²) < 4.78 is -0.424. The van der Waals surface area contributed by atoms with Crippen LogP contribution in [0.3, 0.4) is 0 Å². The van der Waals surface area contributed by atoms with Crippen molar-refractivity contribution in [3.63, 3.8) is 0 Å². The fourth-order valence-electron chi connectivity index (χ4n) is 1.82. The quantitative estimate of drug-likeness (QED) is 0.717. The lowest BCUT2D eigenvalue weighted by atomic mass is 10.1. The van der Waals surface area contributed by atoms with Crippen molar-refractivity contribution in [3.05, 3.63) is 0 Å². The van der Waals surface area contributed by atoms with Gasteiger partial charge in [-0.05, 0) is 27.7 Å². The SMILES string of the molecule is CC(C)N1CCN(C(=O)C(C)(C)Br)CC1. The Morgan fingerprint density at radius 2 is 1.67 bits per heavy atom. The minimum atomic E-state index is -0.424. The zero-order chi connectivity index (χ0) is 11.6. The van der Waals surface area contributed by atoms with E-state index in [0.29, 0.717) is 6.04 Å². The first-order valence-electron chi connectivity index (χ1n) is 5.54. The molecule has 0 atom stereocenters. The minimum absolute atomic E-state index is 0.200. The molecule has 0 aliphatic carbocycles. The topological polar surface area (TPSA) is 23.6 Å². The minimum Gasteiger partial charge on any atom is -0.339 e. The van der Waals surface area contributed by atoms with Gasteiger partial charge in [-0.25, -0.2) is 0 Å². The molecule has 0 aromatic carbocycles. The van der Waals surface area contributed by atoms with E-state index >= 15 is 0 Å². The predicted octanol–water partition coefficient (Wildman–Crippen LogP) is 1.71. The van der Waals surface area contributed by atoms with Gasteiger partial charge in [0.1, 0.15) is 0 Å². The van der Waals surface area contributed by atoms with Crippen LogP contribution in [-0.4, -0.2) is 52.3 Å². The molecule has 1 saturated heterocycles. The second kappa shape index (κ2) is 4.83. The number of amides is 1. The van der Waals surface area contributed by atoms with Crippen LogP contribution in [0.1, 0.15) is 27.7 Å². The van der Waals surface area contributed by atoms with Gasteiger partial charge in [0, 0.05) is 32.2 Å². The lowest BCUT2D eigenvalue weighted by molar-refractivity contribution is -0.134. The van der Waals surface area contributed by atoms with Crippen molar-refractivity contribution >= 4 is 21.8 Å². The summed E-state index contributed by atoms with van der Waals surface area (Å²) in [5, 5.41) is 0. The number of rotatable bonds is 2. The van der Waals surface area contributed by atoms with E-state index in [1.54, 1.807) is 0 Å². The standard InChI is InChI=1S/C11H21BrN2O/c1-9(2)13-5-7-14(8-6-13)10(15)11(3,4)12/h9H,5-8H2,1-4H3. The summed E-state index contributed by atoms with van der Waals surface area (Å²) in [6.07, 6.45) is 0. The van der Waals surface area contributed by atoms with E-state index in [1.165, 1.54) is 0 Å². The Labute approximate surface area is 101 Å². The molecule has 0 radical (unpaired) electrons. The van der Waals surface area contributed by atoms with Crippen LogP contribution in [0.4, 0.5) is 0 Å². The molecule has 0 unspecified atom stereocenters. The molecule has 4 heteroatoms. The predicted molar refractivity (Wildman–Crippen MR) is 66.3 cm³/mol. The third kappa shape index (κ3) is 3.45. The molecule has 3 nitrogen and oxygen atoms in total. The van der Waals surface area contributed by atoms with E-state index in [4.69, 9.17) is 0 Å². The summed E-state index contributed by atoms with van der Waals surface area (Å²) in [4.78, 5) is 16.3. The fraction of sp³-hybridized carbons (Fsp3) is 0.909. The van der Waals surface area contributed by atoms with E-state index in [-0.39, 0.29) is 5.91 Å². The van der Waals surface area contributed by atoms with Gasteiger partial charge in [0.25, 0.3) is 0 Å². The summed E-state index contributed by atoms with van der Waals surface area (Å²) in [7, 11) is 0. The smallest absolute Gasteiger partial charge is 0.238 e. The zero-order valence-electron chi connectivity index (χ0n) is 10.1. The van der Waals surface area contributed by atoms with Crippen molar-refractivity contribution in [1.29, 1.82) is 0 Å². The molecular weight excluding hydrogens is 256 g/mol. The normalized spacial score (nSPS) is 19.7. The number of piperazine rings is 1. The van der Waals surface area contributed by atoms with Gasteiger partial charge in [0.15, 0.2) is 0 Å². The third-order valence-corrected chi connectivity index (χ3v) is 3.18. The molecule has 0 spiro atoms. The number of carbonyl (C=O) groups excluding carboxylic acids is 1. The number of carbonyl (C=O) groups is 1. The van der Waals surface area contributed by atoms with Crippen LogP contribution in [0.5, 0.6) is 0 Å². The molecule has 1 heterocycles. The van der Waals surface area contributed by atoms with Crippen LogP contribution in [0, 0.1) is 0 Å². The maximum Gasteiger partial charge on any atom is 0.238 e. The Kier molecular flexibility index (Phi) is 4.18. The van der Waals surface area contributed by atoms with E-state index < -0.39 is 4.32 Å². The molecule has 1 aliphatic rings. The molecular formula is C11H21BrN2O. The molecule has 1 amide bonds. The molecule has 0 aromatic rings. The Morgan fingerprint density at radius 3 is 2.00 bits per heavy atom. The summed E-state index contributed by atoms with van der Waals surface area (Å²) in [6, 6.07) is 0.583. The van der Waals surface area contributed by atoms with Crippen molar-refractivity contribution < 1.29 is 4.79 Å². The van der Waals surface area contributed by atoms with Gasteiger partial charge < -0.3 is 4.90 Å². The second-order valence-corrected chi connectivity index (χ2v) is 6.88. The second-order valence-electron chi connectivity index (χ2n) is 4.89. The van der Waals surface area contributed by atoms with Crippen LogP contribution >= 0.6 is 15.9 Å².